The molecule has 1 saturated heterocycles. The van der Waals surface area contributed by atoms with E-state index in [1.165, 1.54) is 17.7 Å². The number of thioether (sulfide) groups is 1. The lowest BCUT2D eigenvalue weighted by molar-refractivity contribution is -0.122. The van der Waals surface area contributed by atoms with Gasteiger partial charge < -0.3 is 4.74 Å². The number of hydrogen-bond acceptors (Lipinski definition) is 4. The van der Waals surface area contributed by atoms with Crippen LogP contribution in [0.3, 0.4) is 0 Å². The summed E-state index contributed by atoms with van der Waals surface area (Å²) in [6.07, 6.45) is 8.45. The first-order chi connectivity index (χ1) is 11.2. The van der Waals surface area contributed by atoms with Gasteiger partial charge in [0.2, 0.25) is 0 Å². The standard InChI is InChI=1S/C18H22N2O2S/c1-3-20-17(21)16(12-13-8-10-15(23-2)11-9-13)22-18(20)19-14-6-4-5-7-14/h8-12,14H,3-7H2,1-2H3/b16-12+,19-18?. The molecule has 0 aromatic heterocycles. The average Bonchev–Trinajstić information content (AvgIpc) is 3.17. The van der Waals surface area contributed by atoms with Crippen LogP contribution in [-0.4, -0.2) is 35.7 Å². The van der Waals surface area contributed by atoms with Crippen molar-refractivity contribution in [1.29, 1.82) is 0 Å². The molecule has 0 unspecified atom stereocenters. The van der Waals surface area contributed by atoms with Crippen LogP contribution in [0.1, 0.15) is 38.2 Å². The van der Waals surface area contributed by atoms with E-state index in [2.05, 4.69) is 4.99 Å². The SMILES string of the molecule is CCN1C(=O)/C(=C\c2ccc(SC)cc2)OC1=NC1CCCC1. The van der Waals surface area contributed by atoms with E-state index < -0.39 is 0 Å². The number of carbonyl (C=O) groups excluding carboxylic acids is 1. The second-order valence-electron chi connectivity index (χ2n) is 5.78. The fourth-order valence-corrected chi connectivity index (χ4v) is 3.33. The molecule has 4 nitrogen and oxygen atoms in total. The zero-order valence-electron chi connectivity index (χ0n) is 13.6. The van der Waals surface area contributed by atoms with E-state index in [0.29, 0.717) is 24.4 Å². The first-order valence-electron chi connectivity index (χ1n) is 8.14. The van der Waals surface area contributed by atoms with Gasteiger partial charge in [-0.3, -0.25) is 9.69 Å². The van der Waals surface area contributed by atoms with Gasteiger partial charge in [0.25, 0.3) is 5.91 Å². The summed E-state index contributed by atoms with van der Waals surface area (Å²) in [6, 6.07) is 8.85. The number of hydrogen-bond donors (Lipinski definition) is 0. The Hall–Kier alpha value is -1.75. The third-order valence-electron chi connectivity index (χ3n) is 4.24. The molecule has 0 N–H and O–H groups in total. The molecule has 0 atom stereocenters. The molecule has 0 radical (unpaired) electrons. The van der Waals surface area contributed by atoms with Crippen molar-refractivity contribution in [3.05, 3.63) is 35.6 Å². The molecule has 3 rings (SSSR count). The Kier molecular flexibility index (Phi) is 5.06. The number of likely N-dealkylation sites (N-methyl/N-ethyl adjacent to an activating group) is 1. The summed E-state index contributed by atoms with van der Waals surface area (Å²) in [5, 5.41) is 0. The van der Waals surface area contributed by atoms with Crippen LogP contribution in [0.4, 0.5) is 0 Å². The first-order valence-corrected chi connectivity index (χ1v) is 9.37. The van der Waals surface area contributed by atoms with Crippen LogP contribution < -0.4 is 0 Å². The third-order valence-corrected chi connectivity index (χ3v) is 4.98. The number of benzene rings is 1. The smallest absolute Gasteiger partial charge is 0.300 e. The van der Waals surface area contributed by atoms with Crippen molar-refractivity contribution >= 4 is 29.8 Å². The lowest BCUT2D eigenvalue weighted by Crippen LogP contribution is -2.30. The van der Waals surface area contributed by atoms with Crippen LogP contribution in [0.2, 0.25) is 0 Å². The maximum absolute atomic E-state index is 12.5. The normalized spacial score (nSPS) is 22.3. The largest absolute Gasteiger partial charge is 0.420 e. The van der Waals surface area contributed by atoms with E-state index >= 15 is 0 Å². The Morgan fingerprint density at radius 3 is 2.61 bits per heavy atom. The van der Waals surface area contributed by atoms with Crippen LogP contribution in [0.5, 0.6) is 0 Å². The van der Waals surface area contributed by atoms with Gasteiger partial charge in [-0.15, -0.1) is 11.8 Å². The van der Waals surface area contributed by atoms with Crippen molar-refractivity contribution in [2.75, 3.05) is 12.8 Å². The molecule has 1 aliphatic heterocycles. The lowest BCUT2D eigenvalue weighted by atomic mass is 10.2. The van der Waals surface area contributed by atoms with Gasteiger partial charge in [0.1, 0.15) is 0 Å². The molecule has 2 aliphatic rings. The van der Waals surface area contributed by atoms with Crippen molar-refractivity contribution in [2.24, 2.45) is 4.99 Å². The summed E-state index contributed by atoms with van der Waals surface area (Å²) in [6.45, 7) is 2.52. The molecule has 1 heterocycles. The Bertz CT molecular complexity index is 631. The Morgan fingerprint density at radius 1 is 1.30 bits per heavy atom. The highest BCUT2D eigenvalue weighted by Gasteiger charge is 2.34. The molecule has 1 aromatic rings. The van der Waals surface area contributed by atoms with E-state index in [0.717, 1.165) is 18.4 Å². The average molecular weight is 330 g/mol. The number of amides is 1. The van der Waals surface area contributed by atoms with Crippen molar-refractivity contribution in [3.8, 4) is 0 Å². The summed E-state index contributed by atoms with van der Waals surface area (Å²) in [4.78, 5) is 20.0. The van der Waals surface area contributed by atoms with Gasteiger partial charge in [-0.2, -0.15) is 0 Å². The Labute approximate surface area is 141 Å². The summed E-state index contributed by atoms with van der Waals surface area (Å²) >= 11 is 1.70. The monoisotopic (exact) mass is 330 g/mol. The highest BCUT2D eigenvalue weighted by Crippen LogP contribution is 2.25. The molecular weight excluding hydrogens is 308 g/mol. The van der Waals surface area contributed by atoms with Gasteiger partial charge in [-0.1, -0.05) is 25.0 Å². The van der Waals surface area contributed by atoms with Crippen molar-refractivity contribution in [2.45, 2.75) is 43.5 Å². The quantitative estimate of drug-likeness (QED) is 0.620. The van der Waals surface area contributed by atoms with Gasteiger partial charge >= 0.3 is 6.02 Å². The predicted molar refractivity (Wildman–Crippen MR) is 94.4 cm³/mol. The molecule has 1 aromatic carbocycles. The van der Waals surface area contributed by atoms with E-state index in [4.69, 9.17) is 4.74 Å². The molecule has 1 amide bonds. The van der Waals surface area contributed by atoms with E-state index in [1.54, 1.807) is 22.7 Å². The van der Waals surface area contributed by atoms with Gasteiger partial charge in [-0.05, 0) is 49.8 Å². The zero-order chi connectivity index (χ0) is 16.2. The minimum Gasteiger partial charge on any atom is -0.420 e. The molecule has 2 fully saturated rings. The van der Waals surface area contributed by atoms with Crippen LogP contribution >= 0.6 is 11.8 Å². The van der Waals surface area contributed by atoms with Crippen LogP contribution in [0.15, 0.2) is 39.9 Å². The summed E-state index contributed by atoms with van der Waals surface area (Å²) in [7, 11) is 0. The predicted octanol–water partition coefficient (Wildman–Crippen LogP) is 3.93. The van der Waals surface area contributed by atoms with Crippen molar-refractivity contribution in [1.82, 2.24) is 4.90 Å². The fourth-order valence-electron chi connectivity index (χ4n) is 2.92. The van der Waals surface area contributed by atoms with Gasteiger partial charge in [0.05, 0.1) is 6.04 Å². The minimum atomic E-state index is -0.0989. The second-order valence-corrected chi connectivity index (χ2v) is 6.66. The molecule has 122 valence electrons. The summed E-state index contributed by atoms with van der Waals surface area (Å²) < 4.78 is 5.78. The van der Waals surface area contributed by atoms with E-state index in [-0.39, 0.29) is 5.91 Å². The number of aliphatic imine (C=N–C) groups is 1. The molecule has 0 bridgehead atoms. The summed E-state index contributed by atoms with van der Waals surface area (Å²) in [5.41, 5.74) is 0.962. The van der Waals surface area contributed by atoms with Crippen molar-refractivity contribution in [3.63, 3.8) is 0 Å². The Balaban J connectivity index is 1.82. The molecule has 1 saturated carbocycles. The number of amidine groups is 1. The molecule has 23 heavy (non-hydrogen) atoms. The van der Waals surface area contributed by atoms with Crippen LogP contribution in [0.25, 0.3) is 6.08 Å². The molecular formula is C18H22N2O2S. The number of carbonyl (C=O) groups is 1. The van der Waals surface area contributed by atoms with E-state index in [9.17, 15) is 4.79 Å². The zero-order valence-corrected chi connectivity index (χ0v) is 14.4. The minimum absolute atomic E-state index is 0.0989. The highest BCUT2D eigenvalue weighted by molar-refractivity contribution is 7.98. The maximum atomic E-state index is 12.5. The molecule has 5 heteroatoms. The topological polar surface area (TPSA) is 41.9 Å². The van der Waals surface area contributed by atoms with E-state index in [1.807, 2.05) is 37.4 Å². The second kappa shape index (κ2) is 7.21. The lowest BCUT2D eigenvalue weighted by Gasteiger charge is -2.11. The highest BCUT2D eigenvalue weighted by atomic mass is 32.2. The molecule has 0 spiro atoms. The third kappa shape index (κ3) is 3.61. The maximum Gasteiger partial charge on any atom is 0.300 e. The van der Waals surface area contributed by atoms with Crippen molar-refractivity contribution < 1.29 is 9.53 Å². The van der Waals surface area contributed by atoms with Gasteiger partial charge in [0.15, 0.2) is 5.76 Å². The fraction of sp³-hybridized carbons (Fsp3) is 0.444. The number of ether oxygens (including phenoxy) is 1. The number of rotatable bonds is 4. The Morgan fingerprint density at radius 2 is 2.00 bits per heavy atom. The van der Waals surface area contributed by atoms with Crippen LogP contribution in [-0.2, 0) is 9.53 Å². The van der Waals surface area contributed by atoms with Gasteiger partial charge in [0, 0.05) is 11.4 Å². The van der Waals surface area contributed by atoms with Gasteiger partial charge in [-0.25, -0.2) is 4.99 Å². The molecule has 1 aliphatic carbocycles. The first kappa shape index (κ1) is 16.1. The van der Waals surface area contributed by atoms with Crippen LogP contribution in [0, 0.1) is 0 Å². The number of nitrogens with zero attached hydrogens (tertiary/aromatic N) is 2. The summed E-state index contributed by atoms with van der Waals surface area (Å²) in [5.74, 6) is 0.263.